The van der Waals surface area contributed by atoms with Crippen LogP contribution in [0.15, 0.2) is 0 Å². The van der Waals surface area contributed by atoms with Crippen molar-refractivity contribution in [3.63, 3.8) is 0 Å². The Labute approximate surface area is 122 Å². The molecule has 0 aromatic heterocycles. The molecule has 120 valence electrons. The molecular formula is C10H28N2O5S2. The first-order valence-electron chi connectivity index (χ1n) is 5.61. The number of hydrogen-bond donors (Lipinski definition) is 2. The van der Waals surface area contributed by atoms with Gasteiger partial charge in [-0.05, 0) is 11.2 Å². The number of nitrogens with zero attached hydrogens (tertiary/aromatic N) is 2. The monoisotopic (exact) mass is 320 g/mol. The lowest BCUT2D eigenvalue weighted by Crippen LogP contribution is -2.36. The molecular weight excluding hydrogens is 292 g/mol. The fourth-order valence-corrected chi connectivity index (χ4v) is 0.600. The third-order valence-corrected chi connectivity index (χ3v) is 1.54. The molecule has 0 aromatic carbocycles. The Kier molecular flexibility index (Phi) is 13.8. The van der Waals surface area contributed by atoms with Gasteiger partial charge in [0.15, 0.2) is 0 Å². The van der Waals surface area contributed by atoms with E-state index in [4.69, 9.17) is 23.5 Å². The van der Waals surface area contributed by atoms with Crippen LogP contribution in [-0.4, -0.2) is 101 Å². The van der Waals surface area contributed by atoms with E-state index in [9.17, 15) is 0 Å². The summed E-state index contributed by atoms with van der Waals surface area (Å²) in [4.78, 5) is 0. The molecule has 2 N–H and O–H groups in total. The predicted octanol–water partition coefficient (Wildman–Crippen LogP) is -1.64. The summed E-state index contributed by atoms with van der Waals surface area (Å²) in [7, 11) is 7.98. The van der Waals surface area contributed by atoms with Crippen LogP contribution in [0.25, 0.3) is 0 Å². The van der Waals surface area contributed by atoms with Crippen molar-refractivity contribution in [1.29, 1.82) is 0 Å². The van der Waals surface area contributed by atoms with Gasteiger partial charge in [-0.15, -0.1) is 9.05 Å². The molecule has 0 atom stereocenters. The molecule has 19 heavy (non-hydrogen) atoms. The van der Waals surface area contributed by atoms with Crippen molar-refractivity contribution in [2.75, 3.05) is 68.6 Å². The lowest BCUT2D eigenvalue weighted by molar-refractivity contribution is -0.870. The summed E-state index contributed by atoms with van der Waals surface area (Å²) in [5.41, 5.74) is 0. The van der Waals surface area contributed by atoms with Gasteiger partial charge in [-0.1, -0.05) is 0 Å². The minimum absolute atomic E-state index is 0.281. The second-order valence-electron chi connectivity index (χ2n) is 5.88. The summed E-state index contributed by atoms with van der Waals surface area (Å²) in [6.45, 7) is 2.23. The molecule has 0 aromatic rings. The van der Waals surface area contributed by atoms with Crippen molar-refractivity contribution in [3.05, 3.63) is 0 Å². The van der Waals surface area contributed by atoms with Crippen molar-refractivity contribution >= 4 is 20.2 Å². The average Bonchev–Trinajstić information content (AvgIpc) is 1.95. The van der Waals surface area contributed by atoms with Gasteiger partial charge in [-0.25, -0.2) is 0 Å². The highest BCUT2D eigenvalue weighted by atomic mass is 32.9. The summed E-state index contributed by atoms with van der Waals surface area (Å²) in [6, 6.07) is 0. The number of aliphatic hydroxyl groups is 2. The number of aliphatic hydroxyl groups excluding tert-OH is 2. The van der Waals surface area contributed by atoms with E-state index in [1.54, 1.807) is 0 Å². The lowest BCUT2D eigenvalue weighted by Gasteiger charge is -2.21. The Hall–Kier alpha value is 0.130. The molecule has 0 aliphatic carbocycles. The van der Waals surface area contributed by atoms with Crippen molar-refractivity contribution < 1.29 is 32.5 Å². The Morgan fingerprint density at radius 2 is 1.05 bits per heavy atom. The highest BCUT2D eigenvalue weighted by Crippen LogP contribution is 1.85. The third-order valence-electron chi connectivity index (χ3n) is 1.54. The van der Waals surface area contributed by atoms with Crippen LogP contribution < -0.4 is 0 Å². The summed E-state index contributed by atoms with van der Waals surface area (Å²) in [5.74, 6) is 0. The van der Waals surface area contributed by atoms with Crippen LogP contribution in [0, 0.1) is 0 Å². The van der Waals surface area contributed by atoms with Crippen molar-refractivity contribution in [2.45, 2.75) is 0 Å². The zero-order valence-electron chi connectivity index (χ0n) is 12.7. The van der Waals surface area contributed by atoms with Gasteiger partial charge in [0.25, 0.3) is 0 Å². The van der Waals surface area contributed by atoms with Gasteiger partial charge in [0, 0.05) is 0 Å². The first-order valence-corrected chi connectivity index (χ1v) is 7.95. The fraction of sp³-hybridized carbons (Fsp3) is 1.00. The molecule has 0 spiro atoms. The lowest BCUT2D eigenvalue weighted by atomic mass is 10.5. The topological polar surface area (TPSA) is 104 Å². The number of likely N-dealkylation sites (N-methyl/N-ethyl adjacent to an activating group) is 2. The Morgan fingerprint density at radius 3 is 1.05 bits per heavy atom. The molecule has 0 fully saturated rings. The molecule has 0 radical (unpaired) electrons. The SMILES string of the molecule is C[N+](C)(C)CCO.C[N+](C)(C)CCO.O=S([O-])([O-])=S. The molecule has 9 heteroatoms. The Bertz CT molecular complexity index is 270. The van der Waals surface area contributed by atoms with E-state index in [0.717, 1.165) is 22.1 Å². The molecule has 7 nitrogen and oxygen atoms in total. The first-order chi connectivity index (χ1) is 8.12. The Morgan fingerprint density at radius 1 is 0.895 bits per heavy atom. The van der Waals surface area contributed by atoms with E-state index in [2.05, 4.69) is 53.5 Å². The third kappa shape index (κ3) is 71.4. The normalized spacial score (nSPS) is 11.9. The van der Waals surface area contributed by atoms with Crippen LogP contribution in [0.2, 0.25) is 0 Å². The van der Waals surface area contributed by atoms with E-state index in [1.807, 2.05) is 0 Å². The van der Waals surface area contributed by atoms with Crippen molar-refractivity contribution in [2.24, 2.45) is 0 Å². The van der Waals surface area contributed by atoms with Crippen LogP contribution in [0.4, 0.5) is 0 Å². The molecule has 0 aliphatic rings. The van der Waals surface area contributed by atoms with Crippen LogP contribution in [0.3, 0.4) is 0 Å². The summed E-state index contributed by atoms with van der Waals surface area (Å²) >= 11 is 3.24. The molecule has 0 saturated heterocycles. The van der Waals surface area contributed by atoms with Gasteiger partial charge in [0.2, 0.25) is 0 Å². The van der Waals surface area contributed by atoms with Gasteiger partial charge in [-0.2, -0.15) is 0 Å². The van der Waals surface area contributed by atoms with Crippen LogP contribution in [0.1, 0.15) is 0 Å². The summed E-state index contributed by atoms with van der Waals surface area (Å²) in [6.07, 6.45) is 0. The van der Waals surface area contributed by atoms with E-state index in [-0.39, 0.29) is 13.2 Å². The fourth-order valence-electron chi connectivity index (χ4n) is 0.600. The highest BCUT2D eigenvalue weighted by molar-refractivity contribution is 8.26. The maximum atomic E-state index is 8.89. The minimum atomic E-state index is -4.33. The first kappa shape index (κ1) is 24.2. The zero-order chi connectivity index (χ0) is 16.3. The van der Waals surface area contributed by atoms with Gasteiger partial charge >= 0.3 is 0 Å². The van der Waals surface area contributed by atoms with Gasteiger partial charge in [0.1, 0.15) is 13.1 Å². The number of quaternary nitrogens is 2. The standard InChI is InChI=1S/2C5H14NO.H2O3S2/c2*1-6(2,3)4-5-7;1-5(2,3)4/h2*7H,4-5H2,1-3H3;(H2,1,2,3,4)/q2*+1;/p-2. The summed E-state index contributed by atoms with van der Waals surface area (Å²) in [5, 5.41) is 16.8. The maximum Gasteiger partial charge on any atom is 0.101 e. The molecule has 0 aliphatic heterocycles. The largest absolute Gasteiger partial charge is 0.780 e. The van der Waals surface area contributed by atoms with Gasteiger partial charge in [-0.3, -0.25) is 4.21 Å². The smallest absolute Gasteiger partial charge is 0.101 e. The number of rotatable bonds is 4. The second kappa shape index (κ2) is 10.9. The zero-order valence-corrected chi connectivity index (χ0v) is 14.3. The van der Waals surface area contributed by atoms with E-state index in [1.165, 1.54) is 0 Å². The van der Waals surface area contributed by atoms with Crippen LogP contribution in [0.5, 0.6) is 0 Å². The molecule has 0 bridgehead atoms. The second-order valence-corrected chi connectivity index (χ2v) is 7.92. The molecule has 0 rings (SSSR count). The van der Waals surface area contributed by atoms with E-state index >= 15 is 0 Å². The molecule has 0 unspecified atom stereocenters. The minimum Gasteiger partial charge on any atom is -0.780 e. The molecule has 0 heterocycles. The predicted molar refractivity (Wildman–Crippen MR) is 77.0 cm³/mol. The quantitative estimate of drug-likeness (QED) is 0.602. The van der Waals surface area contributed by atoms with Crippen LogP contribution >= 0.6 is 0 Å². The summed E-state index contributed by atoms with van der Waals surface area (Å²) < 4.78 is 28.4. The van der Waals surface area contributed by atoms with Crippen molar-refractivity contribution in [3.8, 4) is 0 Å². The average molecular weight is 320 g/mol. The van der Waals surface area contributed by atoms with E-state index < -0.39 is 9.05 Å². The number of hydrogen-bond acceptors (Lipinski definition) is 6. The Balaban J connectivity index is -0.000000206. The van der Waals surface area contributed by atoms with Gasteiger partial charge in [0.05, 0.1) is 55.5 Å². The molecule has 0 amide bonds. The van der Waals surface area contributed by atoms with Crippen LogP contribution in [-0.2, 0) is 20.2 Å². The molecule has 0 saturated carbocycles. The van der Waals surface area contributed by atoms with Crippen molar-refractivity contribution in [1.82, 2.24) is 0 Å². The van der Waals surface area contributed by atoms with E-state index in [0.29, 0.717) is 0 Å². The highest BCUT2D eigenvalue weighted by Gasteiger charge is 2.02. The maximum absolute atomic E-state index is 8.89. The van der Waals surface area contributed by atoms with Gasteiger partial charge < -0.3 is 28.3 Å².